The Labute approximate surface area is 196 Å². The third kappa shape index (κ3) is 4.95. The van der Waals surface area contributed by atoms with E-state index in [1.54, 1.807) is 0 Å². The van der Waals surface area contributed by atoms with Crippen LogP contribution >= 0.6 is 0 Å². The molecule has 5 aromatic rings. The number of hydrogen-bond acceptors (Lipinski definition) is 0. The minimum atomic E-state index is 1.02. The second-order valence-electron chi connectivity index (χ2n) is 8.21. The lowest BCUT2D eigenvalue weighted by Gasteiger charge is -2.06. The van der Waals surface area contributed by atoms with Gasteiger partial charge in [-0.15, -0.1) is 0 Å². The molecule has 0 atom stereocenters. The summed E-state index contributed by atoms with van der Waals surface area (Å²) in [5.74, 6) is 6.56. The smallest absolute Gasteiger partial charge is 0.0249 e. The van der Waals surface area contributed by atoms with Crippen LogP contribution in [0, 0.1) is 18.8 Å². The van der Waals surface area contributed by atoms with Crippen molar-refractivity contribution in [1.82, 2.24) is 0 Å². The number of rotatable bonds is 3. The maximum atomic E-state index is 3.28. The summed E-state index contributed by atoms with van der Waals surface area (Å²) in [6, 6.07) is 44.7. The molecule has 0 N–H and O–H groups in total. The van der Waals surface area contributed by atoms with Crippen molar-refractivity contribution in [2.75, 3.05) is 0 Å². The second-order valence-corrected chi connectivity index (χ2v) is 8.21. The van der Waals surface area contributed by atoms with E-state index in [9.17, 15) is 0 Å². The summed E-state index contributed by atoms with van der Waals surface area (Å²) in [5.41, 5.74) is 10.6. The lowest BCUT2D eigenvalue weighted by atomic mass is 9.99. The second kappa shape index (κ2) is 9.43. The van der Waals surface area contributed by atoms with Crippen molar-refractivity contribution in [2.45, 2.75) is 6.92 Å². The van der Waals surface area contributed by atoms with E-state index in [2.05, 4.69) is 140 Å². The number of hydrogen-bond donors (Lipinski definition) is 0. The van der Waals surface area contributed by atoms with Crippen LogP contribution in [-0.2, 0) is 0 Å². The van der Waals surface area contributed by atoms with E-state index in [-0.39, 0.29) is 0 Å². The van der Waals surface area contributed by atoms with Gasteiger partial charge in [0.05, 0.1) is 0 Å². The molecule has 0 heteroatoms. The van der Waals surface area contributed by atoms with E-state index in [0.29, 0.717) is 0 Å². The fourth-order valence-electron chi connectivity index (χ4n) is 3.87. The van der Waals surface area contributed by atoms with Crippen LogP contribution in [-0.4, -0.2) is 0 Å². The summed E-state index contributed by atoms with van der Waals surface area (Å²) in [4.78, 5) is 0. The Balaban J connectivity index is 1.28. The van der Waals surface area contributed by atoms with E-state index in [0.717, 1.165) is 11.1 Å². The molecule has 0 saturated carbocycles. The van der Waals surface area contributed by atoms with Crippen molar-refractivity contribution in [3.8, 4) is 45.2 Å². The van der Waals surface area contributed by atoms with Crippen LogP contribution in [0.1, 0.15) is 16.7 Å². The summed E-state index contributed by atoms with van der Waals surface area (Å²) in [5, 5.41) is 0. The highest BCUT2D eigenvalue weighted by Crippen LogP contribution is 2.25. The van der Waals surface area contributed by atoms with Gasteiger partial charge in [-0.2, -0.15) is 0 Å². The highest BCUT2D eigenvalue weighted by Gasteiger charge is 2.01. The zero-order valence-corrected chi connectivity index (χ0v) is 18.6. The molecular formula is C33H24. The first-order valence-corrected chi connectivity index (χ1v) is 11.2. The molecule has 5 rings (SSSR count). The van der Waals surface area contributed by atoms with Crippen molar-refractivity contribution in [1.29, 1.82) is 0 Å². The van der Waals surface area contributed by atoms with Gasteiger partial charge in [0.2, 0.25) is 0 Å². The molecule has 0 aliphatic rings. The summed E-state index contributed by atoms with van der Waals surface area (Å²) in [6.45, 7) is 2.11. The van der Waals surface area contributed by atoms with Crippen LogP contribution in [0.25, 0.3) is 33.4 Å². The van der Waals surface area contributed by atoms with Crippen molar-refractivity contribution in [3.05, 3.63) is 144 Å². The van der Waals surface area contributed by atoms with E-state index < -0.39 is 0 Å². The van der Waals surface area contributed by atoms with Gasteiger partial charge >= 0.3 is 0 Å². The first-order chi connectivity index (χ1) is 16.2. The van der Waals surface area contributed by atoms with Crippen molar-refractivity contribution >= 4 is 0 Å². The molecule has 0 spiro atoms. The predicted molar refractivity (Wildman–Crippen MR) is 140 cm³/mol. The van der Waals surface area contributed by atoms with Crippen LogP contribution in [0.2, 0.25) is 0 Å². The first kappa shape index (κ1) is 20.6. The molecule has 0 bridgehead atoms. The van der Waals surface area contributed by atoms with Gasteiger partial charge in [-0.3, -0.25) is 0 Å². The third-order valence-electron chi connectivity index (χ3n) is 5.83. The summed E-state index contributed by atoms with van der Waals surface area (Å²) in [6.07, 6.45) is 0. The minimum absolute atomic E-state index is 1.02. The highest BCUT2D eigenvalue weighted by atomic mass is 14.1. The normalized spacial score (nSPS) is 10.3. The first-order valence-electron chi connectivity index (χ1n) is 11.2. The molecule has 0 aliphatic heterocycles. The molecule has 0 heterocycles. The Morgan fingerprint density at radius 1 is 0.333 bits per heavy atom. The van der Waals surface area contributed by atoms with E-state index in [1.807, 2.05) is 6.07 Å². The Hall–Kier alpha value is -4.34. The Morgan fingerprint density at radius 2 is 0.636 bits per heavy atom. The molecule has 0 aliphatic carbocycles. The van der Waals surface area contributed by atoms with Crippen molar-refractivity contribution < 1.29 is 0 Å². The topological polar surface area (TPSA) is 0 Å². The third-order valence-corrected chi connectivity index (χ3v) is 5.83. The molecule has 0 aromatic heterocycles. The van der Waals surface area contributed by atoms with E-state index in [4.69, 9.17) is 0 Å². The minimum Gasteiger partial charge on any atom is -0.0622 e. The predicted octanol–water partition coefficient (Wildman–Crippen LogP) is 8.40. The lowest BCUT2D eigenvalue weighted by Crippen LogP contribution is -1.82. The van der Waals surface area contributed by atoms with Crippen LogP contribution in [0.4, 0.5) is 0 Å². The summed E-state index contributed by atoms with van der Waals surface area (Å²) < 4.78 is 0. The molecule has 0 fully saturated rings. The van der Waals surface area contributed by atoms with Gasteiger partial charge in [-0.05, 0) is 64.6 Å². The lowest BCUT2D eigenvalue weighted by molar-refractivity contribution is 1.47. The molecule has 156 valence electrons. The van der Waals surface area contributed by atoms with Crippen LogP contribution in [0.15, 0.2) is 127 Å². The van der Waals surface area contributed by atoms with Crippen LogP contribution < -0.4 is 0 Å². The van der Waals surface area contributed by atoms with Gasteiger partial charge in [-0.25, -0.2) is 0 Å². The molecule has 5 aromatic carbocycles. The summed E-state index contributed by atoms with van der Waals surface area (Å²) >= 11 is 0. The van der Waals surface area contributed by atoms with E-state index in [1.165, 1.54) is 38.9 Å². The fourth-order valence-corrected chi connectivity index (χ4v) is 3.87. The number of benzene rings is 5. The molecule has 0 radical (unpaired) electrons. The van der Waals surface area contributed by atoms with Gasteiger partial charge in [0.25, 0.3) is 0 Å². The Morgan fingerprint density at radius 3 is 1.03 bits per heavy atom. The maximum absolute atomic E-state index is 3.28. The van der Waals surface area contributed by atoms with E-state index >= 15 is 0 Å². The summed E-state index contributed by atoms with van der Waals surface area (Å²) in [7, 11) is 0. The average molecular weight is 421 g/mol. The quantitative estimate of drug-likeness (QED) is 0.257. The van der Waals surface area contributed by atoms with Crippen molar-refractivity contribution in [3.63, 3.8) is 0 Å². The van der Waals surface area contributed by atoms with Crippen molar-refractivity contribution in [2.24, 2.45) is 0 Å². The van der Waals surface area contributed by atoms with Crippen LogP contribution in [0.3, 0.4) is 0 Å². The number of aryl methyl sites for hydroxylation is 1. The largest absolute Gasteiger partial charge is 0.0622 e. The molecule has 0 nitrogen and oxygen atoms in total. The van der Waals surface area contributed by atoms with Gasteiger partial charge < -0.3 is 0 Å². The van der Waals surface area contributed by atoms with Gasteiger partial charge in [0, 0.05) is 11.1 Å². The molecule has 0 amide bonds. The monoisotopic (exact) mass is 420 g/mol. The fraction of sp³-hybridized carbons (Fsp3) is 0.0303. The van der Waals surface area contributed by atoms with Gasteiger partial charge in [-0.1, -0.05) is 121 Å². The Bertz CT molecular complexity index is 1390. The average Bonchev–Trinajstić information content (AvgIpc) is 2.89. The zero-order chi connectivity index (χ0) is 22.5. The van der Waals surface area contributed by atoms with Crippen LogP contribution in [0.5, 0.6) is 0 Å². The van der Waals surface area contributed by atoms with Gasteiger partial charge in [0.15, 0.2) is 0 Å². The molecule has 0 unspecified atom stereocenters. The van der Waals surface area contributed by atoms with Gasteiger partial charge in [0.1, 0.15) is 0 Å². The molecule has 33 heavy (non-hydrogen) atoms. The standard InChI is InChI=1S/C33H24/c1-25-7-15-29(16-8-25)32-21-23-33(24-22-32)31-19-13-27(14-20-31)10-9-26-11-17-30(18-12-26)28-5-3-2-4-6-28/h2-8,11-24H,1H3. The maximum Gasteiger partial charge on any atom is 0.0249 e. The molecule has 0 saturated heterocycles. The highest BCUT2D eigenvalue weighted by molar-refractivity contribution is 5.71. The molecular weight excluding hydrogens is 396 g/mol. The zero-order valence-electron chi connectivity index (χ0n) is 18.6. The SMILES string of the molecule is Cc1ccc(-c2ccc(-c3ccc(C#Cc4ccc(-c5ccccc5)cc4)cc3)cc2)cc1. The Kier molecular flexibility index (Phi) is 5.87.